The second-order valence-corrected chi connectivity index (χ2v) is 2.68. The van der Waals surface area contributed by atoms with Crippen molar-refractivity contribution in [3.05, 3.63) is 18.2 Å². The summed E-state index contributed by atoms with van der Waals surface area (Å²) in [6, 6.07) is 0. The number of Topliss-reactive ketones (excluding diaryl/α,β-unsaturated/α-hetero) is 1. The van der Waals surface area contributed by atoms with E-state index in [9.17, 15) is 4.79 Å². The lowest BCUT2D eigenvalue weighted by atomic mass is 10.2. The maximum Gasteiger partial charge on any atom is 0.323 e. The van der Waals surface area contributed by atoms with E-state index in [1.54, 1.807) is 6.08 Å². The first-order chi connectivity index (χ1) is 6.20. The van der Waals surface area contributed by atoms with Crippen LogP contribution in [0.5, 0.6) is 0 Å². The molecule has 0 bridgehead atoms. The predicted octanol–water partition coefficient (Wildman–Crippen LogP) is 1.23. The molecule has 0 aliphatic heterocycles. The highest BCUT2D eigenvalue weighted by Crippen LogP contribution is 2.01. The molecule has 0 N–H and O–H groups in total. The van der Waals surface area contributed by atoms with Gasteiger partial charge in [-0.1, -0.05) is 6.08 Å². The molecule has 0 heterocycles. The summed E-state index contributed by atoms with van der Waals surface area (Å²) in [7, 11) is 0. The highest BCUT2D eigenvalue weighted by molar-refractivity contribution is 6.25. The number of nitrogens with zero attached hydrogens (tertiary/aromatic N) is 2. The summed E-state index contributed by atoms with van der Waals surface area (Å²) in [5.41, 5.74) is 8.05. The molecule has 4 heteroatoms. The Hall–Kier alpha value is -1.25. The van der Waals surface area contributed by atoms with Crippen molar-refractivity contribution in [2.75, 3.05) is 6.61 Å². The van der Waals surface area contributed by atoms with Crippen LogP contribution in [0.2, 0.25) is 0 Å². The fourth-order valence-corrected chi connectivity index (χ4v) is 0.790. The molecule has 0 rings (SSSR count). The van der Waals surface area contributed by atoms with Crippen molar-refractivity contribution in [3.63, 3.8) is 0 Å². The molecule has 72 valence electrons. The minimum Gasteiger partial charge on any atom is -0.374 e. The van der Waals surface area contributed by atoms with Crippen LogP contribution < -0.4 is 0 Å². The van der Waals surface area contributed by atoms with Gasteiger partial charge >= 0.3 is 6.21 Å². The van der Waals surface area contributed by atoms with Crippen molar-refractivity contribution < 1.29 is 14.3 Å². The Morgan fingerprint density at radius 2 is 2.46 bits per heavy atom. The predicted molar refractivity (Wildman–Crippen MR) is 49.5 cm³/mol. The van der Waals surface area contributed by atoms with Gasteiger partial charge in [0.15, 0.2) is 0 Å². The zero-order valence-corrected chi connectivity index (χ0v) is 7.77. The Kier molecular flexibility index (Phi) is 6.69. The van der Waals surface area contributed by atoms with Crippen LogP contribution >= 0.6 is 0 Å². The molecular weight excluding hydrogens is 168 g/mol. The Bertz CT molecular complexity index is 220. The van der Waals surface area contributed by atoms with Crippen molar-refractivity contribution in [2.45, 2.75) is 25.9 Å². The highest BCUT2D eigenvalue weighted by Gasteiger charge is 2.06. The van der Waals surface area contributed by atoms with E-state index in [-0.39, 0.29) is 11.9 Å². The van der Waals surface area contributed by atoms with Gasteiger partial charge in [0.2, 0.25) is 5.78 Å². The fraction of sp³-hybridized carbons (Fsp3) is 0.556. The normalized spacial score (nSPS) is 11.5. The maximum absolute atomic E-state index is 10.8. The second kappa shape index (κ2) is 7.40. The minimum absolute atomic E-state index is 0.0223. The molecule has 0 aliphatic carbocycles. The largest absolute Gasteiger partial charge is 0.374 e. The molecule has 0 radical (unpaired) electrons. The van der Waals surface area contributed by atoms with E-state index in [0.29, 0.717) is 19.4 Å². The Morgan fingerprint density at radius 3 is 3.00 bits per heavy atom. The van der Waals surface area contributed by atoms with Crippen molar-refractivity contribution in [3.8, 4) is 0 Å². The van der Waals surface area contributed by atoms with Crippen molar-refractivity contribution in [1.82, 2.24) is 0 Å². The van der Waals surface area contributed by atoms with Crippen molar-refractivity contribution in [1.29, 1.82) is 0 Å². The average molecular weight is 182 g/mol. The molecule has 0 aromatic carbocycles. The first kappa shape index (κ1) is 11.8. The first-order valence-electron chi connectivity index (χ1n) is 4.13. The topological polar surface area (TPSA) is 62.7 Å². The molecule has 0 aliphatic rings. The summed E-state index contributed by atoms with van der Waals surface area (Å²) >= 11 is 0. The van der Waals surface area contributed by atoms with Crippen LogP contribution in [0.15, 0.2) is 12.7 Å². The third-order valence-corrected chi connectivity index (χ3v) is 1.50. The van der Waals surface area contributed by atoms with Gasteiger partial charge in [-0.15, -0.1) is 6.58 Å². The Morgan fingerprint density at radius 1 is 1.77 bits per heavy atom. The molecule has 0 saturated heterocycles. The van der Waals surface area contributed by atoms with Gasteiger partial charge in [0.1, 0.15) is 0 Å². The molecule has 0 unspecified atom stereocenters. The van der Waals surface area contributed by atoms with Crippen molar-refractivity contribution in [2.24, 2.45) is 0 Å². The van der Waals surface area contributed by atoms with E-state index < -0.39 is 0 Å². The zero-order valence-electron chi connectivity index (χ0n) is 7.77. The van der Waals surface area contributed by atoms with E-state index in [4.69, 9.17) is 10.3 Å². The van der Waals surface area contributed by atoms with Gasteiger partial charge in [-0.3, -0.25) is 4.79 Å². The van der Waals surface area contributed by atoms with E-state index in [0.717, 1.165) is 6.21 Å². The van der Waals surface area contributed by atoms with Crippen molar-refractivity contribution >= 4 is 12.0 Å². The summed E-state index contributed by atoms with van der Waals surface area (Å²) in [6.07, 6.45) is 3.54. The number of hydrogen-bond donors (Lipinski definition) is 0. The number of hydrogen-bond acceptors (Lipinski definition) is 2. The molecule has 0 aromatic rings. The lowest BCUT2D eigenvalue weighted by molar-refractivity contribution is -0.116. The Labute approximate surface area is 77.8 Å². The van der Waals surface area contributed by atoms with E-state index in [1.165, 1.54) is 0 Å². The maximum atomic E-state index is 10.8. The van der Waals surface area contributed by atoms with E-state index >= 15 is 0 Å². The van der Waals surface area contributed by atoms with Crippen LogP contribution in [0.3, 0.4) is 0 Å². The van der Waals surface area contributed by atoms with Gasteiger partial charge in [-0.2, -0.15) is 4.79 Å². The first-order valence-corrected chi connectivity index (χ1v) is 4.13. The smallest absolute Gasteiger partial charge is 0.323 e. The van der Waals surface area contributed by atoms with Gasteiger partial charge in [0.25, 0.3) is 0 Å². The standard InChI is InChI=1S/C9H14N2O2/c1-3-6-13-8(2)4-5-9(12)7-11-10/h3,7-8H,1,4-6H2,2H3/t8-/m1/s1. The van der Waals surface area contributed by atoms with Gasteiger partial charge in [-0.05, 0) is 13.3 Å². The molecule has 0 amide bonds. The summed E-state index contributed by atoms with van der Waals surface area (Å²) < 4.78 is 5.24. The summed E-state index contributed by atoms with van der Waals surface area (Å²) in [6.45, 7) is 5.88. The third-order valence-electron chi connectivity index (χ3n) is 1.50. The summed E-state index contributed by atoms with van der Waals surface area (Å²) in [5, 5.41) is 0. The van der Waals surface area contributed by atoms with Gasteiger partial charge in [-0.25, -0.2) is 0 Å². The number of rotatable bonds is 7. The van der Waals surface area contributed by atoms with Gasteiger partial charge in [0, 0.05) is 6.42 Å². The lowest BCUT2D eigenvalue weighted by Crippen LogP contribution is -2.11. The molecule has 1 atom stereocenters. The van der Waals surface area contributed by atoms with Crippen LogP contribution in [0.25, 0.3) is 5.53 Å². The Balaban J connectivity index is 3.56. The third kappa shape index (κ3) is 7.12. The number of carbonyl (C=O) groups excluding carboxylic acids is 1. The number of ketones is 1. The molecule has 4 nitrogen and oxygen atoms in total. The number of ether oxygens (including phenoxy) is 1. The van der Waals surface area contributed by atoms with Crippen LogP contribution in [0.1, 0.15) is 19.8 Å². The van der Waals surface area contributed by atoms with Crippen LogP contribution in [-0.2, 0) is 9.53 Å². The molecule has 0 saturated carbocycles. The van der Waals surface area contributed by atoms with E-state index in [2.05, 4.69) is 11.4 Å². The minimum atomic E-state index is -0.198. The second-order valence-electron chi connectivity index (χ2n) is 2.68. The fourth-order valence-electron chi connectivity index (χ4n) is 0.790. The van der Waals surface area contributed by atoms with Crippen LogP contribution in [0.4, 0.5) is 0 Å². The summed E-state index contributed by atoms with van der Waals surface area (Å²) in [4.78, 5) is 13.5. The molecular formula is C9H14N2O2. The SMILES string of the molecule is C=CCO[C@H](C)CCC(=O)C=[N+]=[N-]. The summed E-state index contributed by atoms with van der Waals surface area (Å²) in [5.74, 6) is -0.198. The number of carbonyl (C=O) groups is 1. The van der Waals surface area contributed by atoms with Gasteiger partial charge in [0.05, 0.1) is 12.7 Å². The molecule has 0 spiro atoms. The lowest BCUT2D eigenvalue weighted by Gasteiger charge is -2.08. The quantitative estimate of drug-likeness (QED) is 0.257. The average Bonchev–Trinajstić information content (AvgIpc) is 2.12. The molecule has 0 fully saturated rings. The zero-order chi connectivity index (χ0) is 10.1. The van der Waals surface area contributed by atoms with Crippen LogP contribution in [-0.4, -0.2) is 29.5 Å². The molecule has 13 heavy (non-hydrogen) atoms. The van der Waals surface area contributed by atoms with Crippen LogP contribution in [0, 0.1) is 0 Å². The monoisotopic (exact) mass is 182 g/mol. The van der Waals surface area contributed by atoms with E-state index in [1.807, 2.05) is 6.92 Å². The van der Waals surface area contributed by atoms with Gasteiger partial charge < -0.3 is 10.3 Å². The molecule has 0 aromatic heterocycles. The highest BCUT2D eigenvalue weighted by atomic mass is 16.5.